The molecule has 0 saturated heterocycles. The third-order valence-electron chi connectivity index (χ3n) is 8.67. The van der Waals surface area contributed by atoms with Gasteiger partial charge in [0.15, 0.2) is 0 Å². The lowest BCUT2D eigenvalue weighted by atomic mass is 9.79. The minimum atomic E-state index is -0.0426. The van der Waals surface area contributed by atoms with Crippen molar-refractivity contribution in [1.82, 2.24) is 0 Å². The lowest BCUT2D eigenvalue weighted by Gasteiger charge is -2.24. The summed E-state index contributed by atoms with van der Waals surface area (Å²) in [6.07, 6.45) is 0. The van der Waals surface area contributed by atoms with Crippen LogP contribution in [0.15, 0.2) is 152 Å². The SMILES string of the molecule is CC1(C)c2cc(-c3ccccc3)ccc2-c2c1c1ccccc1c1ccccc21.Nc1ccccc1-c1ccccc1. The number of nitrogen functional groups attached to an aromatic ring is 1. The molecule has 0 atom stereocenters. The van der Waals surface area contributed by atoms with Gasteiger partial charge in [0.2, 0.25) is 0 Å². The number of anilines is 1. The fourth-order valence-corrected chi connectivity index (χ4v) is 6.67. The molecule has 1 heteroatoms. The van der Waals surface area contributed by atoms with Crippen molar-refractivity contribution in [3.8, 4) is 33.4 Å². The van der Waals surface area contributed by atoms with Gasteiger partial charge in [-0.3, -0.25) is 0 Å². The summed E-state index contributed by atoms with van der Waals surface area (Å²) in [5.74, 6) is 0. The summed E-state index contributed by atoms with van der Waals surface area (Å²) in [6.45, 7) is 4.77. The van der Waals surface area contributed by atoms with E-state index in [2.05, 4.69) is 123 Å². The molecule has 1 aliphatic carbocycles. The van der Waals surface area contributed by atoms with Crippen molar-refractivity contribution in [3.05, 3.63) is 163 Å². The third kappa shape index (κ3) is 4.26. The average Bonchev–Trinajstić information content (AvgIpc) is 3.29. The van der Waals surface area contributed by atoms with Crippen LogP contribution in [-0.4, -0.2) is 0 Å². The third-order valence-corrected chi connectivity index (χ3v) is 8.67. The second kappa shape index (κ2) is 10.4. The molecule has 0 saturated carbocycles. The van der Waals surface area contributed by atoms with Gasteiger partial charge < -0.3 is 5.73 Å². The molecule has 7 aromatic rings. The Morgan fingerprint density at radius 2 is 0.952 bits per heavy atom. The van der Waals surface area contributed by atoms with E-state index in [1.807, 2.05) is 42.5 Å². The maximum Gasteiger partial charge on any atom is 0.0393 e. The first-order valence-corrected chi connectivity index (χ1v) is 14.6. The minimum Gasteiger partial charge on any atom is -0.398 e. The van der Waals surface area contributed by atoms with E-state index in [1.165, 1.54) is 60.5 Å². The summed E-state index contributed by atoms with van der Waals surface area (Å²) < 4.78 is 0. The highest BCUT2D eigenvalue weighted by molar-refractivity contribution is 6.18. The highest BCUT2D eigenvalue weighted by atomic mass is 14.6. The summed E-state index contributed by atoms with van der Waals surface area (Å²) in [7, 11) is 0. The van der Waals surface area contributed by atoms with Crippen LogP contribution >= 0.6 is 0 Å². The molecule has 0 aromatic heterocycles. The van der Waals surface area contributed by atoms with Crippen LogP contribution in [-0.2, 0) is 5.41 Å². The Morgan fingerprint density at radius 1 is 0.429 bits per heavy atom. The summed E-state index contributed by atoms with van der Waals surface area (Å²) in [5.41, 5.74) is 17.2. The molecule has 1 nitrogen and oxygen atoms in total. The summed E-state index contributed by atoms with van der Waals surface area (Å²) in [6, 6.07) is 53.6. The molecule has 8 rings (SSSR count). The predicted octanol–water partition coefficient (Wildman–Crippen LogP) is 10.9. The lowest BCUT2D eigenvalue weighted by Crippen LogP contribution is -2.15. The van der Waals surface area contributed by atoms with Crippen molar-refractivity contribution >= 4 is 27.2 Å². The summed E-state index contributed by atoms with van der Waals surface area (Å²) in [5, 5.41) is 5.44. The highest BCUT2D eigenvalue weighted by Crippen LogP contribution is 2.55. The Bertz CT molecular complexity index is 2050. The minimum absolute atomic E-state index is 0.0426. The lowest BCUT2D eigenvalue weighted by molar-refractivity contribution is 0.667. The molecule has 0 bridgehead atoms. The van der Waals surface area contributed by atoms with Crippen molar-refractivity contribution in [2.75, 3.05) is 5.73 Å². The molecule has 0 amide bonds. The largest absolute Gasteiger partial charge is 0.398 e. The second-order valence-electron chi connectivity index (χ2n) is 11.5. The number of benzene rings is 7. The molecule has 42 heavy (non-hydrogen) atoms. The van der Waals surface area contributed by atoms with Gasteiger partial charge >= 0.3 is 0 Å². The molecular weight excluding hydrogens is 506 g/mol. The van der Waals surface area contributed by atoms with Crippen LogP contribution in [0, 0.1) is 0 Å². The van der Waals surface area contributed by atoms with Crippen LogP contribution in [0.2, 0.25) is 0 Å². The number of nitrogens with two attached hydrogens (primary N) is 1. The van der Waals surface area contributed by atoms with E-state index in [1.54, 1.807) is 0 Å². The van der Waals surface area contributed by atoms with Gasteiger partial charge in [0.25, 0.3) is 0 Å². The predicted molar refractivity (Wildman–Crippen MR) is 181 cm³/mol. The maximum atomic E-state index is 5.85. The molecule has 0 unspecified atom stereocenters. The second-order valence-corrected chi connectivity index (χ2v) is 11.5. The van der Waals surface area contributed by atoms with Crippen molar-refractivity contribution < 1.29 is 0 Å². The number of fused-ring (bicyclic) bond motifs is 8. The van der Waals surface area contributed by atoms with Crippen molar-refractivity contribution in [2.24, 2.45) is 0 Å². The Morgan fingerprint density at radius 3 is 1.62 bits per heavy atom. The van der Waals surface area contributed by atoms with E-state index in [4.69, 9.17) is 5.73 Å². The van der Waals surface area contributed by atoms with Crippen LogP contribution in [0.1, 0.15) is 25.0 Å². The fraction of sp³-hybridized carbons (Fsp3) is 0.0732. The molecule has 0 radical (unpaired) electrons. The van der Waals surface area contributed by atoms with Crippen LogP contribution in [0.3, 0.4) is 0 Å². The van der Waals surface area contributed by atoms with Gasteiger partial charge in [-0.25, -0.2) is 0 Å². The Balaban J connectivity index is 0.000000186. The number of para-hydroxylation sites is 1. The molecule has 202 valence electrons. The molecule has 0 spiro atoms. The highest BCUT2D eigenvalue weighted by Gasteiger charge is 2.38. The molecule has 2 N–H and O–H groups in total. The summed E-state index contributed by atoms with van der Waals surface area (Å²) >= 11 is 0. The Hall–Kier alpha value is -5.14. The number of hydrogen-bond donors (Lipinski definition) is 1. The summed E-state index contributed by atoms with van der Waals surface area (Å²) in [4.78, 5) is 0. The Kier molecular flexibility index (Phi) is 6.36. The van der Waals surface area contributed by atoms with Gasteiger partial charge in [-0.15, -0.1) is 0 Å². The molecule has 0 aliphatic heterocycles. The zero-order chi connectivity index (χ0) is 28.7. The van der Waals surface area contributed by atoms with Gasteiger partial charge in [0.1, 0.15) is 0 Å². The smallest absolute Gasteiger partial charge is 0.0393 e. The monoisotopic (exact) mass is 539 g/mol. The average molecular weight is 540 g/mol. The van der Waals surface area contributed by atoms with Gasteiger partial charge in [-0.2, -0.15) is 0 Å². The zero-order valence-corrected chi connectivity index (χ0v) is 24.0. The molecular formula is C41H33N. The van der Waals surface area contributed by atoms with Crippen LogP contribution < -0.4 is 5.73 Å². The first-order chi connectivity index (χ1) is 20.5. The van der Waals surface area contributed by atoms with Gasteiger partial charge in [-0.1, -0.05) is 153 Å². The first kappa shape index (κ1) is 25.8. The topological polar surface area (TPSA) is 26.0 Å². The van der Waals surface area contributed by atoms with Crippen LogP contribution in [0.25, 0.3) is 54.9 Å². The van der Waals surface area contributed by atoms with Crippen molar-refractivity contribution in [2.45, 2.75) is 19.3 Å². The number of hydrogen-bond acceptors (Lipinski definition) is 1. The standard InChI is InChI=1S/C29H22.C12H11N/c1-29(2)26-18-20(19-10-4-3-5-11-19)16-17-25(26)27-23-14-8-6-12-21(23)22-13-7-9-15-24(22)28(27)29;13-12-9-5-4-8-11(12)10-6-2-1-3-7-10/h3-18H,1-2H3;1-9H,13H2. The van der Waals surface area contributed by atoms with Crippen LogP contribution in [0.4, 0.5) is 5.69 Å². The molecule has 1 aliphatic rings. The Labute approximate surface area is 247 Å². The van der Waals surface area contributed by atoms with E-state index < -0.39 is 0 Å². The van der Waals surface area contributed by atoms with E-state index in [0.717, 1.165) is 11.3 Å². The molecule has 7 aromatic carbocycles. The van der Waals surface area contributed by atoms with Crippen LogP contribution in [0.5, 0.6) is 0 Å². The van der Waals surface area contributed by atoms with E-state index in [-0.39, 0.29) is 5.41 Å². The van der Waals surface area contributed by atoms with E-state index in [0.29, 0.717) is 0 Å². The van der Waals surface area contributed by atoms with Gasteiger partial charge in [0.05, 0.1) is 0 Å². The van der Waals surface area contributed by atoms with Crippen molar-refractivity contribution in [1.29, 1.82) is 0 Å². The van der Waals surface area contributed by atoms with E-state index in [9.17, 15) is 0 Å². The zero-order valence-electron chi connectivity index (χ0n) is 24.0. The quantitative estimate of drug-likeness (QED) is 0.172. The first-order valence-electron chi connectivity index (χ1n) is 14.6. The van der Waals surface area contributed by atoms with Crippen molar-refractivity contribution in [3.63, 3.8) is 0 Å². The fourth-order valence-electron chi connectivity index (χ4n) is 6.67. The molecule has 0 fully saturated rings. The normalized spacial score (nSPS) is 12.8. The maximum absolute atomic E-state index is 5.85. The number of rotatable bonds is 2. The van der Waals surface area contributed by atoms with Gasteiger partial charge in [-0.05, 0) is 72.6 Å². The molecule has 0 heterocycles. The van der Waals surface area contributed by atoms with E-state index >= 15 is 0 Å². The van der Waals surface area contributed by atoms with Gasteiger partial charge in [0, 0.05) is 16.7 Å².